The van der Waals surface area contributed by atoms with Crippen molar-refractivity contribution < 1.29 is 4.92 Å². The van der Waals surface area contributed by atoms with Crippen molar-refractivity contribution in [2.24, 2.45) is 7.05 Å². The molecule has 0 N–H and O–H groups in total. The Morgan fingerprint density at radius 1 is 1.50 bits per heavy atom. The molecule has 1 aromatic carbocycles. The van der Waals surface area contributed by atoms with Gasteiger partial charge in [-0.1, -0.05) is 6.07 Å². The minimum atomic E-state index is -0.408. The molecular weight excluding hydrogens is 182 g/mol. The van der Waals surface area contributed by atoms with E-state index >= 15 is 0 Å². The highest BCUT2D eigenvalue weighted by molar-refractivity contribution is 5.89. The summed E-state index contributed by atoms with van der Waals surface area (Å²) in [6, 6.07) is 3.23. The lowest BCUT2D eigenvalue weighted by molar-refractivity contribution is -0.383. The summed E-state index contributed by atoms with van der Waals surface area (Å²) in [5.74, 6) is 0. The van der Waals surface area contributed by atoms with E-state index in [2.05, 4.69) is 5.10 Å². The highest BCUT2D eigenvalue weighted by Gasteiger charge is 2.15. The summed E-state index contributed by atoms with van der Waals surface area (Å²) >= 11 is 0. The molecule has 0 fully saturated rings. The van der Waals surface area contributed by atoms with Crippen LogP contribution in [0, 0.1) is 17.0 Å². The lowest BCUT2D eigenvalue weighted by atomic mass is 10.1. The van der Waals surface area contributed by atoms with Crippen LogP contribution < -0.4 is 0 Å². The van der Waals surface area contributed by atoms with Gasteiger partial charge in [0.1, 0.15) is 0 Å². The Morgan fingerprint density at radius 3 is 2.86 bits per heavy atom. The fraction of sp³-hybridized carbons (Fsp3) is 0.222. The first kappa shape index (κ1) is 8.68. The van der Waals surface area contributed by atoms with Crippen LogP contribution >= 0.6 is 0 Å². The van der Waals surface area contributed by atoms with Crippen LogP contribution in [0.25, 0.3) is 10.9 Å². The summed E-state index contributed by atoms with van der Waals surface area (Å²) in [5, 5.41) is 15.6. The summed E-state index contributed by atoms with van der Waals surface area (Å²) in [6.45, 7) is 1.91. The van der Waals surface area contributed by atoms with E-state index in [0.29, 0.717) is 5.52 Å². The van der Waals surface area contributed by atoms with Crippen molar-refractivity contribution in [3.63, 3.8) is 0 Å². The molecule has 0 spiro atoms. The second-order valence-corrected chi connectivity index (χ2v) is 3.22. The van der Waals surface area contributed by atoms with E-state index in [1.54, 1.807) is 24.0 Å². The largest absolute Gasteiger partial charge is 0.297 e. The van der Waals surface area contributed by atoms with Crippen LogP contribution in [0.15, 0.2) is 18.3 Å². The van der Waals surface area contributed by atoms with E-state index in [4.69, 9.17) is 0 Å². The van der Waals surface area contributed by atoms with Crippen molar-refractivity contribution in [3.05, 3.63) is 34.0 Å². The first-order valence-electron chi connectivity index (χ1n) is 4.17. The minimum Gasteiger partial charge on any atom is -0.274 e. The van der Waals surface area contributed by atoms with Gasteiger partial charge in [-0.3, -0.25) is 14.8 Å². The van der Waals surface area contributed by atoms with Crippen molar-refractivity contribution in [2.45, 2.75) is 6.92 Å². The topological polar surface area (TPSA) is 61.0 Å². The summed E-state index contributed by atoms with van der Waals surface area (Å²) in [4.78, 5) is 10.3. The molecule has 5 heteroatoms. The molecule has 1 heterocycles. The van der Waals surface area contributed by atoms with E-state index < -0.39 is 4.92 Å². The molecule has 0 atom stereocenters. The monoisotopic (exact) mass is 191 g/mol. The number of hydrogen-bond donors (Lipinski definition) is 0. The number of fused-ring (bicyclic) bond motifs is 1. The van der Waals surface area contributed by atoms with Crippen LogP contribution in [0.2, 0.25) is 0 Å². The maximum atomic E-state index is 10.7. The van der Waals surface area contributed by atoms with Crippen molar-refractivity contribution in [1.29, 1.82) is 0 Å². The van der Waals surface area contributed by atoms with Crippen molar-refractivity contribution in [3.8, 4) is 0 Å². The molecule has 0 amide bonds. The van der Waals surface area contributed by atoms with Crippen molar-refractivity contribution in [2.75, 3.05) is 0 Å². The second-order valence-electron chi connectivity index (χ2n) is 3.22. The molecule has 0 saturated carbocycles. The average Bonchev–Trinajstić information content (AvgIpc) is 2.47. The van der Waals surface area contributed by atoms with Gasteiger partial charge in [0.15, 0.2) is 5.52 Å². The number of non-ortho nitro benzene ring substituents is 1. The number of benzene rings is 1. The fourth-order valence-corrected chi connectivity index (χ4v) is 1.49. The molecule has 0 aliphatic rings. The number of rotatable bonds is 1. The third-order valence-electron chi connectivity index (χ3n) is 2.18. The van der Waals surface area contributed by atoms with Gasteiger partial charge in [-0.25, -0.2) is 0 Å². The van der Waals surface area contributed by atoms with Crippen molar-refractivity contribution in [1.82, 2.24) is 9.78 Å². The van der Waals surface area contributed by atoms with Crippen LogP contribution in [0.3, 0.4) is 0 Å². The van der Waals surface area contributed by atoms with Crippen LogP contribution in [0.4, 0.5) is 5.69 Å². The Kier molecular flexibility index (Phi) is 1.73. The van der Waals surface area contributed by atoms with Crippen LogP contribution in [0.1, 0.15) is 5.56 Å². The number of aromatic nitrogens is 2. The zero-order valence-corrected chi connectivity index (χ0v) is 7.89. The van der Waals surface area contributed by atoms with Gasteiger partial charge < -0.3 is 0 Å². The van der Waals surface area contributed by atoms with Gasteiger partial charge in [0.2, 0.25) is 0 Å². The van der Waals surface area contributed by atoms with E-state index in [9.17, 15) is 10.1 Å². The highest BCUT2D eigenvalue weighted by Crippen LogP contribution is 2.26. The Hall–Kier alpha value is -1.91. The molecule has 0 saturated heterocycles. The molecular formula is C9H9N3O2. The molecule has 2 aromatic rings. The van der Waals surface area contributed by atoms with Gasteiger partial charge in [-0.15, -0.1) is 0 Å². The number of nitro groups is 1. The molecule has 14 heavy (non-hydrogen) atoms. The van der Waals surface area contributed by atoms with Gasteiger partial charge in [-0.05, 0) is 12.5 Å². The standard InChI is InChI=1S/C9H9N3O2/c1-6-3-4-8(12(13)14)9-7(6)5-11(2)10-9/h3-5H,1-2H3. The third-order valence-corrected chi connectivity index (χ3v) is 2.18. The van der Waals surface area contributed by atoms with Gasteiger partial charge in [0.05, 0.1) is 4.92 Å². The molecule has 2 rings (SSSR count). The third kappa shape index (κ3) is 1.14. The first-order valence-corrected chi connectivity index (χ1v) is 4.17. The summed E-state index contributed by atoms with van der Waals surface area (Å²) < 4.78 is 1.59. The van der Waals surface area contributed by atoms with E-state index in [-0.39, 0.29) is 5.69 Å². The predicted molar refractivity (Wildman–Crippen MR) is 52.1 cm³/mol. The summed E-state index contributed by atoms with van der Waals surface area (Å²) in [5.41, 5.74) is 1.52. The average molecular weight is 191 g/mol. The van der Waals surface area contributed by atoms with Gasteiger partial charge in [0, 0.05) is 24.7 Å². The Labute approximate surface area is 80.1 Å². The Balaban J connectivity index is 2.87. The summed E-state index contributed by atoms with van der Waals surface area (Å²) in [7, 11) is 1.75. The predicted octanol–water partition coefficient (Wildman–Crippen LogP) is 1.79. The maximum absolute atomic E-state index is 10.7. The highest BCUT2D eigenvalue weighted by atomic mass is 16.6. The molecule has 0 bridgehead atoms. The lowest BCUT2D eigenvalue weighted by Crippen LogP contribution is -1.91. The van der Waals surface area contributed by atoms with E-state index in [1.165, 1.54) is 6.07 Å². The van der Waals surface area contributed by atoms with E-state index in [0.717, 1.165) is 10.9 Å². The first-order chi connectivity index (χ1) is 6.59. The molecule has 0 unspecified atom stereocenters. The molecule has 5 nitrogen and oxygen atoms in total. The zero-order valence-electron chi connectivity index (χ0n) is 7.89. The number of nitro benzene ring substituents is 1. The quantitative estimate of drug-likeness (QED) is 0.510. The molecule has 0 aliphatic carbocycles. The summed E-state index contributed by atoms with van der Waals surface area (Å²) in [6.07, 6.45) is 1.79. The van der Waals surface area contributed by atoms with E-state index in [1.807, 2.05) is 6.92 Å². The second kappa shape index (κ2) is 2.80. The number of hydrogen-bond acceptors (Lipinski definition) is 3. The number of aryl methyl sites for hydroxylation is 2. The lowest BCUT2D eigenvalue weighted by Gasteiger charge is -1.94. The number of nitrogens with zero attached hydrogens (tertiary/aromatic N) is 3. The maximum Gasteiger partial charge on any atom is 0.297 e. The Morgan fingerprint density at radius 2 is 2.21 bits per heavy atom. The van der Waals surface area contributed by atoms with Crippen LogP contribution in [-0.4, -0.2) is 14.7 Å². The molecule has 72 valence electrons. The smallest absolute Gasteiger partial charge is 0.274 e. The van der Waals surface area contributed by atoms with Gasteiger partial charge in [-0.2, -0.15) is 5.10 Å². The van der Waals surface area contributed by atoms with Gasteiger partial charge in [0.25, 0.3) is 5.69 Å². The molecule has 0 aliphatic heterocycles. The van der Waals surface area contributed by atoms with Crippen molar-refractivity contribution >= 4 is 16.6 Å². The Bertz CT molecular complexity index is 516. The van der Waals surface area contributed by atoms with Crippen LogP contribution in [-0.2, 0) is 7.05 Å². The normalized spacial score (nSPS) is 10.7. The van der Waals surface area contributed by atoms with Gasteiger partial charge >= 0.3 is 0 Å². The minimum absolute atomic E-state index is 0.0613. The molecule has 1 aromatic heterocycles. The zero-order chi connectivity index (χ0) is 10.3. The van der Waals surface area contributed by atoms with Crippen LogP contribution in [0.5, 0.6) is 0 Å². The fourth-order valence-electron chi connectivity index (χ4n) is 1.49. The SMILES string of the molecule is Cc1ccc([N+](=O)[O-])c2nn(C)cc12. The molecule has 0 radical (unpaired) electrons.